The van der Waals surface area contributed by atoms with Crippen LogP contribution in [0, 0.1) is 0 Å². The molecule has 2 fully saturated rings. The molecule has 2 saturated heterocycles. The number of urea groups is 1. The van der Waals surface area contributed by atoms with E-state index in [-0.39, 0.29) is 24.0 Å². The van der Waals surface area contributed by atoms with E-state index in [2.05, 4.69) is 25.1 Å². The molecule has 3 aromatic carbocycles. The molecule has 0 radical (unpaired) electrons. The van der Waals surface area contributed by atoms with Crippen LogP contribution in [0.2, 0.25) is 15.1 Å². The largest absolute Gasteiger partial charge is 0.355 e. The van der Waals surface area contributed by atoms with E-state index in [1.54, 1.807) is 18.6 Å². The number of pyridine rings is 1. The van der Waals surface area contributed by atoms with Crippen LogP contribution in [0.4, 0.5) is 16.3 Å². The number of imidazole rings is 1. The summed E-state index contributed by atoms with van der Waals surface area (Å²) in [7, 11) is 0. The second-order valence-electron chi connectivity index (χ2n) is 13.8. The van der Waals surface area contributed by atoms with Crippen molar-refractivity contribution in [3.63, 3.8) is 0 Å². The van der Waals surface area contributed by atoms with Crippen LogP contribution in [0.15, 0.2) is 91.4 Å². The van der Waals surface area contributed by atoms with E-state index >= 15 is 0 Å². The molecule has 6 aromatic rings. The summed E-state index contributed by atoms with van der Waals surface area (Å²) in [5.74, 6) is 0.345. The maximum Gasteiger partial charge on any atom is 0.317 e. The highest BCUT2D eigenvalue weighted by molar-refractivity contribution is 6.35. The van der Waals surface area contributed by atoms with E-state index in [0.717, 1.165) is 61.0 Å². The molecule has 1 atom stereocenters. The number of aromatic nitrogens is 4. The van der Waals surface area contributed by atoms with E-state index in [9.17, 15) is 9.59 Å². The molecule has 2 aliphatic heterocycles. The van der Waals surface area contributed by atoms with Crippen molar-refractivity contribution in [3.05, 3.63) is 118 Å². The zero-order valence-corrected chi connectivity index (χ0v) is 31.9. The number of carbonyl (C=O) groups is 2. The smallest absolute Gasteiger partial charge is 0.317 e. The van der Waals surface area contributed by atoms with Crippen molar-refractivity contribution in [1.29, 1.82) is 0 Å². The van der Waals surface area contributed by atoms with Gasteiger partial charge >= 0.3 is 6.03 Å². The van der Waals surface area contributed by atoms with Crippen LogP contribution in [0.5, 0.6) is 0 Å². The molecular formula is C41H39Cl3N8O2. The lowest BCUT2D eigenvalue weighted by Gasteiger charge is -2.38. The molecule has 8 rings (SSSR count). The van der Waals surface area contributed by atoms with Crippen molar-refractivity contribution in [2.75, 3.05) is 36.4 Å². The Morgan fingerprint density at radius 1 is 0.907 bits per heavy atom. The molecular weight excluding hydrogens is 743 g/mol. The molecule has 0 saturated carbocycles. The first-order valence-electron chi connectivity index (χ1n) is 18.2. The Morgan fingerprint density at radius 3 is 2.48 bits per heavy atom. The molecule has 54 heavy (non-hydrogen) atoms. The summed E-state index contributed by atoms with van der Waals surface area (Å²) >= 11 is 19.6. The average molecular weight is 782 g/mol. The first kappa shape index (κ1) is 36.0. The molecule has 3 aromatic heterocycles. The van der Waals surface area contributed by atoms with E-state index in [4.69, 9.17) is 44.8 Å². The van der Waals surface area contributed by atoms with Crippen LogP contribution < -0.4 is 15.5 Å². The van der Waals surface area contributed by atoms with E-state index in [0.29, 0.717) is 62.1 Å². The number of hydrogen-bond donors (Lipinski definition) is 3. The van der Waals surface area contributed by atoms with Crippen LogP contribution in [-0.4, -0.2) is 68.6 Å². The van der Waals surface area contributed by atoms with E-state index in [1.165, 1.54) is 0 Å². The van der Waals surface area contributed by atoms with Gasteiger partial charge in [-0.2, -0.15) is 0 Å². The Hall–Kier alpha value is -5.03. The fourth-order valence-corrected chi connectivity index (χ4v) is 8.50. The number of H-pyrrole nitrogens is 1. The molecule has 0 bridgehead atoms. The highest BCUT2D eigenvalue weighted by Crippen LogP contribution is 2.42. The fourth-order valence-electron chi connectivity index (χ4n) is 7.76. The Bertz CT molecular complexity index is 2330. The van der Waals surface area contributed by atoms with Gasteiger partial charge in [0, 0.05) is 75.5 Å². The number of amides is 3. The first-order valence-corrected chi connectivity index (χ1v) is 19.3. The van der Waals surface area contributed by atoms with Crippen molar-refractivity contribution in [2.45, 2.75) is 44.7 Å². The number of carbonyl (C=O) groups excluding carboxylic acids is 2. The van der Waals surface area contributed by atoms with Crippen molar-refractivity contribution in [1.82, 2.24) is 29.7 Å². The predicted octanol–water partition coefficient (Wildman–Crippen LogP) is 9.69. The van der Waals surface area contributed by atoms with Gasteiger partial charge in [0.2, 0.25) is 0 Å². The molecule has 2 aliphatic rings. The zero-order chi connectivity index (χ0) is 37.3. The SMILES string of the molecule is CC(c1ccc(Cl)cc1Cl)n1cnc(-c2ccccc2)c1-c1c(C(=O)Nc2cccnc2N2CCC(N3CCCCNC3=O)CC2)[nH]c2cc(Cl)ccc12. The third-order valence-electron chi connectivity index (χ3n) is 10.5. The molecule has 3 N–H and O–H groups in total. The quantitative estimate of drug-likeness (QED) is 0.143. The maximum absolute atomic E-state index is 14.7. The van der Waals surface area contributed by atoms with Gasteiger partial charge in [0.05, 0.1) is 29.4 Å². The van der Waals surface area contributed by atoms with Gasteiger partial charge in [-0.05, 0) is 74.6 Å². The van der Waals surface area contributed by atoms with Crippen molar-refractivity contribution in [3.8, 4) is 22.5 Å². The number of hydrogen-bond acceptors (Lipinski definition) is 5. The molecule has 0 spiro atoms. The van der Waals surface area contributed by atoms with Crippen LogP contribution in [-0.2, 0) is 0 Å². The number of anilines is 2. The van der Waals surface area contributed by atoms with Gasteiger partial charge in [0.1, 0.15) is 5.69 Å². The monoisotopic (exact) mass is 780 g/mol. The van der Waals surface area contributed by atoms with Gasteiger partial charge < -0.3 is 30.0 Å². The van der Waals surface area contributed by atoms with Gasteiger partial charge in [-0.15, -0.1) is 0 Å². The van der Waals surface area contributed by atoms with E-state index in [1.807, 2.05) is 84.6 Å². The summed E-state index contributed by atoms with van der Waals surface area (Å²) in [6.07, 6.45) is 7.15. The van der Waals surface area contributed by atoms with Gasteiger partial charge in [-0.3, -0.25) is 4.79 Å². The highest BCUT2D eigenvalue weighted by atomic mass is 35.5. The third-order valence-corrected chi connectivity index (χ3v) is 11.3. The van der Waals surface area contributed by atoms with Crippen LogP contribution in [0.25, 0.3) is 33.4 Å². The number of rotatable bonds is 8. The third kappa shape index (κ3) is 7.01. The van der Waals surface area contributed by atoms with E-state index < -0.39 is 0 Å². The standard InChI is InChI=1S/C41H39Cl3N8O2/c1-25(30-13-11-27(42)22-32(30)44)52-24-47-36(26-8-3-2-4-9-26)38(52)35-31-14-12-28(43)23-34(31)48-37(35)40(53)49-33-10-7-18-45-39(33)50-20-15-29(16-21-50)51-19-6-5-17-46-41(51)54/h2-4,7-14,18,22-25,29,48H,5-6,15-17,19-21H2,1H3,(H,46,54)(H,49,53). The fraction of sp³-hybridized carbons (Fsp3) is 0.268. The molecule has 3 amide bonds. The number of benzene rings is 3. The molecule has 10 nitrogen and oxygen atoms in total. The lowest BCUT2D eigenvalue weighted by atomic mass is 9.99. The highest BCUT2D eigenvalue weighted by Gasteiger charge is 2.32. The Balaban J connectivity index is 1.18. The maximum atomic E-state index is 14.7. The normalized spacial score (nSPS) is 16.0. The number of nitrogens with one attached hydrogen (secondary N) is 3. The predicted molar refractivity (Wildman–Crippen MR) is 217 cm³/mol. The second-order valence-corrected chi connectivity index (χ2v) is 15.1. The van der Waals surface area contributed by atoms with Crippen molar-refractivity contribution in [2.24, 2.45) is 0 Å². The van der Waals surface area contributed by atoms with Gasteiger partial charge in [-0.25, -0.2) is 14.8 Å². The minimum Gasteiger partial charge on any atom is -0.355 e. The van der Waals surface area contributed by atoms with Crippen molar-refractivity contribution < 1.29 is 9.59 Å². The van der Waals surface area contributed by atoms with Gasteiger partial charge in [0.25, 0.3) is 5.91 Å². The van der Waals surface area contributed by atoms with Crippen molar-refractivity contribution >= 4 is 69.1 Å². The Kier molecular flexibility index (Phi) is 10.2. The summed E-state index contributed by atoms with van der Waals surface area (Å²) in [6.45, 7) is 4.95. The average Bonchev–Trinajstić information content (AvgIpc) is 3.71. The Labute approximate surface area is 328 Å². The molecule has 5 heterocycles. The van der Waals surface area contributed by atoms with Crippen LogP contribution in [0.1, 0.15) is 54.7 Å². The summed E-state index contributed by atoms with van der Waals surface area (Å²) in [5.41, 5.74) is 5.52. The lowest BCUT2D eigenvalue weighted by Crippen LogP contribution is -2.50. The number of piperidine rings is 1. The second kappa shape index (κ2) is 15.4. The minimum atomic E-state index is -0.341. The van der Waals surface area contributed by atoms with Crippen LogP contribution >= 0.6 is 34.8 Å². The number of halogens is 3. The lowest BCUT2D eigenvalue weighted by molar-refractivity contribution is 0.102. The number of aromatic amines is 1. The summed E-state index contributed by atoms with van der Waals surface area (Å²) < 4.78 is 2.05. The topological polar surface area (TPSA) is 111 Å². The molecule has 1 unspecified atom stereocenters. The molecule has 0 aliphatic carbocycles. The number of nitrogens with zero attached hydrogens (tertiary/aromatic N) is 5. The summed E-state index contributed by atoms with van der Waals surface area (Å²) in [5, 5.41) is 8.65. The first-order chi connectivity index (χ1) is 26.3. The Morgan fingerprint density at radius 2 is 1.69 bits per heavy atom. The molecule has 13 heteroatoms. The van der Waals surface area contributed by atoms with Gasteiger partial charge in [-0.1, -0.05) is 77.3 Å². The molecule has 276 valence electrons. The summed E-state index contributed by atoms with van der Waals surface area (Å²) in [6, 6.07) is 24.5. The number of fused-ring (bicyclic) bond motifs is 1. The minimum absolute atomic E-state index is 0.0228. The zero-order valence-electron chi connectivity index (χ0n) is 29.7. The summed E-state index contributed by atoms with van der Waals surface area (Å²) in [4.78, 5) is 44.7. The van der Waals surface area contributed by atoms with Gasteiger partial charge in [0.15, 0.2) is 5.82 Å². The van der Waals surface area contributed by atoms with Crippen LogP contribution in [0.3, 0.4) is 0 Å².